The zero-order chi connectivity index (χ0) is 15.2. The molecule has 112 valence electrons. The van der Waals surface area contributed by atoms with E-state index in [9.17, 15) is 9.90 Å². The Labute approximate surface area is 127 Å². The molecule has 0 fully saturated rings. The molecule has 0 aliphatic carbocycles. The fraction of sp³-hybridized carbons (Fsp3) is 0.333. The second-order valence-corrected chi connectivity index (χ2v) is 5.79. The number of nitrogen functional groups attached to an aromatic ring is 1. The van der Waals surface area contributed by atoms with Crippen molar-refractivity contribution in [2.75, 3.05) is 11.5 Å². The number of benzene rings is 1. The molecule has 1 unspecified atom stereocenters. The van der Waals surface area contributed by atoms with Crippen LogP contribution in [0.25, 0.3) is 0 Å². The molecule has 0 aliphatic rings. The summed E-state index contributed by atoms with van der Waals surface area (Å²) >= 11 is 1.33. The van der Waals surface area contributed by atoms with Crippen LogP contribution in [-0.4, -0.2) is 20.8 Å². The van der Waals surface area contributed by atoms with E-state index in [-0.39, 0.29) is 5.56 Å². The minimum Gasteiger partial charge on any atom is -0.399 e. The van der Waals surface area contributed by atoms with E-state index in [1.54, 1.807) is 24.3 Å². The lowest BCUT2D eigenvalue weighted by Crippen LogP contribution is -2.11. The van der Waals surface area contributed by atoms with Crippen LogP contribution in [0, 0.1) is 0 Å². The van der Waals surface area contributed by atoms with E-state index in [0.29, 0.717) is 16.6 Å². The van der Waals surface area contributed by atoms with Gasteiger partial charge in [0.05, 0.1) is 6.10 Å². The van der Waals surface area contributed by atoms with Crippen LogP contribution >= 0.6 is 11.8 Å². The van der Waals surface area contributed by atoms with Gasteiger partial charge in [0.1, 0.15) is 0 Å². The number of hydrogen-bond acceptors (Lipinski definition) is 5. The Bertz CT molecular complexity index is 640. The molecular weight excluding hydrogens is 286 g/mol. The number of H-pyrrole nitrogens is 1. The van der Waals surface area contributed by atoms with Gasteiger partial charge in [-0.05, 0) is 24.1 Å². The number of nitrogens with zero attached hydrogens (tertiary/aromatic N) is 1. The summed E-state index contributed by atoms with van der Waals surface area (Å²) in [5, 5.41) is 10.7. The minimum absolute atomic E-state index is 0.155. The predicted octanol–water partition coefficient (Wildman–Crippen LogP) is 2.13. The summed E-state index contributed by atoms with van der Waals surface area (Å²) in [6.45, 7) is 2.04. The number of aryl methyl sites for hydroxylation is 1. The SMILES string of the molecule is CCCc1cc(=O)[nH]c(SCC(O)c2ccc(N)cc2)n1. The van der Waals surface area contributed by atoms with Crippen molar-refractivity contribution in [3.63, 3.8) is 0 Å². The second-order valence-electron chi connectivity index (χ2n) is 4.79. The van der Waals surface area contributed by atoms with E-state index in [1.807, 2.05) is 6.92 Å². The highest BCUT2D eigenvalue weighted by Crippen LogP contribution is 2.22. The lowest BCUT2D eigenvalue weighted by atomic mass is 10.1. The zero-order valence-electron chi connectivity index (χ0n) is 11.9. The molecule has 4 N–H and O–H groups in total. The molecule has 6 heteroatoms. The van der Waals surface area contributed by atoms with Crippen LogP contribution in [-0.2, 0) is 6.42 Å². The van der Waals surface area contributed by atoms with Gasteiger partial charge < -0.3 is 15.8 Å². The Morgan fingerprint density at radius 1 is 1.38 bits per heavy atom. The maximum Gasteiger partial charge on any atom is 0.251 e. The molecule has 1 aromatic heterocycles. The van der Waals surface area contributed by atoms with Crippen molar-refractivity contribution in [1.82, 2.24) is 9.97 Å². The number of thioether (sulfide) groups is 1. The van der Waals surface area contributed by atoms with Gasteiger partial charge in [-0.25, -0.2) is 4.98 Å². The lowest BCUT2D eigenvalue weighted by molar-refractivity contribution is 0.204. The molecule has 0 radical (unpaired) electrons. The molecule has 1 atom stereocenters. The number of aromatic nitrogens is 2. The van der Waals surface area contributed by atoms with Gasteiger partial charge in [-0.2, -0.15) is 0 Å². The predicted molar refractivity (Wildman–Crippen MR) is 85.4 cm³/mol. The highest BCUT2D eigenvalue weighted by atomic mass is 32.2. The number of hydrogen-bond donors (Lipinski definition) is 3. The second kappa shape index (κ2) is 7.28. The molecule has 0 aliphatic heterocycles. The average Bonchev–Trinajstić information content (AvgIpc) is 2.45. The Balaban J connectivity index is 2.02. The molecule has 2 aromatic rings. The van der Waals surface area contributed by atoms with Crippen molar-refractivity contribution in [2.45, 2.75) is 31.0 Å². The minimum atomic E-state index is -0.629. The smallest absolute Gasteiger partial charge is 0.251 e. The monoisotopic (exact) mass is 305 g/mol. The number of aromatic amines is 1. The summed E-state index contributed by atoms with van der Waals surface area (Å²) in [7, 11) is 0. The van der Waals surface area contributed by atoms with Crippen LogP contribution < -0.4 is 11.3 Å². The zero-order valence-corrected chi connectivity index (χ0v) is 12.7. The molecule has 2 rings (SSSR count). The highest BCUT2D eigenvalue weighted by Gasteiger charge is 2.10. The standard InChI is InChI=1S/C15H19N3O2S/c1-2-3-12-8-14(20)18-15(17-12)21-9-13(19)10-4-6-11(16)7-5-10/h4-8,13,19H,2-3,9,16H2,1H3,(H,17,18,20). The van der Waals surface area contributed by atoms with Crippen LogP contribution in [0.3, 0.4) is 0 Å². The third kappa shape index (κ3) is 4.61. The first-order chi connectivity index (χ1) is 10.1. The van der Waals surface area contributed by atoms with Crippen LogP contribution in [0.2, 0.25) is 0 Å². The number of nitrogens with one attached hydrogen (secondary N) is 1. The van der Waals surface area contributed by atoms with Crippen LogP contribution in [0.15, 0.2) is 40.3 Å². The summed E-state index contributed by atoms with van der Waals surface area (Å²) < 4.78 is 0. The number of aliphatic hydroxyl groups is 1. The lowest BCUT2D eigenvalue weighted by Gasteiger charge is -2.10. The molecular formula is C15H19N3O2S. The maximum atomic E-state index is 11.6. The van der Waals surface area contributed by atoms with E-state index in [4.69, 9.17) is 5.73 Å². The summed E-state index contributed by atoms with van der Waals surface area (Å²) in [4.78, 5) is 18.6. The van der Waals surface area contributed by atoms with Crippen molar-refractivity contribution in [3.8, 4) is 0 Å². The molecule has 21 heavy (non-hydrogen) atoms. The van der Waals surface area contributed by atoms with Crippen LogP contribution in [0.4, 0.5) is 5.69 Å². The summed E-state index contributed by atoms with van der Waals surface area (Å²) in [6, 6.07) is 8.62. The van der Waals surface area contributed by atoms with E-state index in [2.05, 4.69) is 9.97 Å². The van der Waals surface area contributed by atoms with Gasteiger partial charge >= 0.3 is 0 Å². The molecule has 0 saturated heterocycles. The largest absolute Gasteiger partial charge is 0.399 e. The van der Waals surface area contributed by atoms with Crippen molar-refractivity contribution in [2.24, 2.45) is 0 Å². The van der Waals surface area contributed by atoms with Gasteiger partial charge in [0.15, 0.2) is 5.16 Å². The maximum absolute atomic E-state index is 11.6. The molecule has 1 aromatic carbocycles. The molecule has 0 bridgehead atoms. The Morgan fingerprint density at radius 2 is 2.10 bits per heavy atom. The fourth-order valence-electron chi connectivity index (χ4n) is 1.91. The Morgan fingerprint density at radius 3 is 2.76 bits per heavy atom. The van der Waals surface area contributed by atoms with E-state index >= 15 is 0 Å². The van der Waals surface area contributed by atoms with E-state index in [0.717, 1.165) is 24.1 Å². The first kappa shape index (κ1) is 15.6. The van der Waals surface area contributed by atoms with Gasteiger partial charge in [0.25, 0.3) is 5.56 Å². The fourth-order valence-corrected chi connectivity index (χ4v) is 2.77. The Kier molecular flexibility index (Phi) is 5.41. The third-order valence-electron chi connectivity index (χ3n) is 2.98. The van der Waals surface area contributed by atoms with Gasteiger partial charge in [-0.15, -0.1) is 0 Å². The van der Waals surface area contributed by atoms with Gasteiger partial charge in [0.2, 0.25) is 0 Å². The normalized spacial score (nSPS) is 12.3. The van der Waals surface area contributed by atoms with Crippen molar-refractivity contribution >= 4 is 17.4 Å². The van der Waals surface area contributed by atoms with Crippen molar-refractivity contribution in [3.05, 3.63) is 51.9 Å². The quantitative estimate of drug-likeness (QED) is 0.432. The number of rotatable bonds is 6. The summed E-state index contributed by atoms with van der Waals surface area (Å²) in [6.07, 6.45) is 1.09. The Hall–Kier alpha value is -1.79. The van der Waals surface area contributed by atoms with E-state index in [1.165, 1.54) is 17.8 Å². The van der Waals surface area contributed by atoms with Gasteiger partial charge in [-0.3, -0.25) is 4.79 Å². The summed E-state index contributed by atoms with van der Waals surface area (Å²) in [5.41, 5.74) is 7.70. The molecule has 1 heterocycles. The first-order valence-corrected chi connectivity index (χ1v) is 7.83. The number of anilines is 1. The van der Waals surface area contributed by atoms with Gasteiger partial charge in [0, 0.05) is 23.2 Å². The average molecular weight is 305 g/mol. The number of aliphatic hydroxyl groups excluding tert-OH is 1. The third-order valence-corrected chi connectivity index (χ3v) is 3.93. The van der Waals surface area contributed by atoms with Gasteiger partial charge in [-0.1, -0.05) is 37.2 Å². The van der Waals surface area contributed by atoms with Crippen molar-refractivity contribution < 1.29 is 5.11 Å². The molecule has 5 nitrogen and oxygen atoms in total. The first-order valence-electron chi connectivity index (χ1n) is 6.85. The molecule has 0 saturated carbocycles. The van der Waals surface area contributed by atoms with E-state index < -0.39 is 6.10 Å². The highest BCUT2D eigenvalue weighted by molar-refractivity contribution is 7.99. The topological polar surface area (TPSA) is 92.0 Å². The van der Waals surface area contributed by atoms with Crippen molar-refractivity contribution in [1.29, 1.82) is 0 Å². The molecule has 0 spiro atoms. The molecule has 0 amide bonds. The number of nitrogens with two attached hydrogens (primary N) is 1. The van der Waals surface area contributed by atoms with Crippen LogP contribution in [0.1, 0.15) is 30.7 Å². The summed E-state index contributed by atoms with van der Waals surface area (Å²) in [5.74, 6) is 0.419. The van der Waals surface area contributed by atoms with Crippen LogP contribution in [0.5, 0.6) is 0 Å².